The Morgan fingerprint density at radius 3 is 2.48 bits per heavy atom. The lowest BCUT2D eigenvalue weighted by Crippen LogP contribution is -2.16. The lowest BCUT2D eigenvalue weighted by atomic mass is 10.2. The molecule has 7 heteroatoms. The van der Waals surface area contributed by atoms with Gasteiger partial charge in [0, 0.05) is 11.3 Å². The Balaban J connectivity index is 1.64. The number of anilines is 1. The van der Waals surface area contributed by atoms with Crippen molar-refractivity contribution in [3.05, 3.63) is 54.6 Å². The molecule has 1 aromatic heterocycles. The fourth-order valence-electron chi connectivity index (χ4n) is 1.73. The van der Waals surface area contributed by atoms with Gasteiger partial charge >= 0.3 is 6.09 Å². The average molecular weight is 281 g/mol. The molecule has 0 fully saturated rings. The van der Waals surface area contributed by atoms with Crippen LogP contribution in [-0.2, 0) is 0 Å². The molecule has 0 spiro atoms. The van der Waals surface area contributed by atoms with Crippen molar-refractivity contribution in [1.29, 1.82) is 0 Å². The minimum Gasteiger partial charge on any atom is -0.410 e. The number of H-pyrrole nitrogens is 1. The van der Waals surface area contributed by atoms with Crippen molar-refractivity contribution in [2.45, 2.75) is 0 Å². The number of carbonyl (C=O) groups is 1. The van der Waals surface area contributed by atoms with E-state index in [4.69, 9.17) is 4.74 Å². The average Bonchev–Trinajstić information content (AvgIpc) is 3.03. The lowest BCUT2D eigenvalue weighted by molar-refractivity contribution is 0.215. The molecule has 0 saturated carbocycles. The summed E-state index contributed by atoms with van der Waals surface area (Å²) >= 11 is 0. The minimum absolute atomic E-state index is 0.485. The van der Waals surface area contributed by atoms with E-state index in [0.717, 1.165) is 5.56 Å². The van der Waals surface area contributed by atoms with Gasteiger partial charge < -0.3 is 4.74 Å². The maximum atomic E-state index is 11.7. The number of aromatic amines is 1. The summed E-state index contributed by atoms with van der Waals surface area (Å²) in [6.45, 7) is 0. The van der Waals surface area contributed by atoms with Gasteiger partial charge in [-0.1, -0.05) is 18.2 Å². The summed E-state index contributed by atoms with van der Waals surface area (Å²) in [7, 11) is 0. The van der Waals surface area contributed by atoms with E-state index < -0.39 is 6.09 Å². The third-order valence-electron chi connectivity index (χ3n) is 2.69. The molecule has 0 aliphatic rings. The summed E-state index contributed by atoms with van der Waals surface area (Å²) in [5.41, 5.74) is 1.41. The third-order valence-corrected chi connectivity index (χ3v) is 2.69. The van der Waals surface area contributed by atoms with Crippen LogP contribution in [0.3, 0.4) is 0 Å². The van der Waals surface area contributed by atoms with E-state index in [9.17, 15) is 4.79 Å². The Labute approximate surface area is 120 Å². The molecule has 0 bridgehead atoms. The largest absolute Gasteiger partial charge is 0.417 e. The quantitative estimate of drug-likeness (QED) is 0.769. The van der Waals surface area contributed by atoms with Crippen LogP contribution < -0.4 is 10.1 Å². The highest BCUT2D eigenvalue weighted by atomic mass is 16.6. The molecule has 104 valence electrons. The standard InChI is InChI=1S/C14H11N5O2/c20-14(21-12-4-2-1-3-5-12)15-11-8-6-10(7-9-11)13-16-18-19-17-13/h1-9H,(H,15,20)(H,16,17,18,19). The summed E-state index contributed by atoms with van der Waals surface area (Å²) < 4.78 is 5.13. The van der Waals surface area contributed by atoms with Gasteiger partial charge in [0.15, 0.2) is 0 Å². The van der Waals surface area contributed by atoms with Gasteiger partial charge in [-0.15, -0.1) is 10.2 Å². The Morgan fingerprint density at radius 1 is 1.05 bits per heavy atom. The Morgan fingerprint density at radius 2 is 1.81 bits per heavy atom. The first-order valence-electron chi connectivity index (χ1n) is 6.19. The molecule has 7 nitrogen and oxygen atoms in total. The monoisotopic (exact) mass is 281 g/mol. The summed E-state index contributed by atoms with van der Waals surface area (Å²) in [5.74, 6) is 0.979. The van der Waals surface area contributed by atoms with Crippen molar-refractivity contribution in [3.63, 3.8) is 0 Å². The van der Waals surface area contributed by atoms with Gasteiger partial charge in [0.2, 0.25) is 5.82 Å². The Kier molecular flexibility index (Phi) is 3.55. The van der Waals surface area contributed by atoms with Crippen molar-refractivity contribution >= 4 is 11.8 Å². The maximum absolute atomic E-state index is 11.7. The predicted octanol–water partition coefficient (Wildman–Crippen LogP) is 2.48. The van der Waals surface area contributed by atoms with Crippen molar-refractivity contribution in [2.24, 2.45) is 0 Å². The molecule has 2 N–H and O–H groups in total. The number of amides is 1. The molecule has 0 aliphatic heterocycles. The first kappa shape index (κ1) is 12.8. The number of para-hydroxylation sites is 1. The van der Waals surface area contributed by atoms with Gasteiger partial charge in [-0.3, -0.25) is 5.32 Å². The molecule has 21 heavy (non-hydrogen) atoms. The van der Waals surface area contributed by atoms with Crippen LogP contribution in [0.1, 0.15) is 0 Å². The molecule has 3 rings (SSSR count). The van der Waals surface area contributed by atoms with Gasteiger partial charge in [0.1, 0.15) is 5.75 Å². The fraction of sp³-hybridized carbons (Fsp3) is 0. The van der Waals surface area contributed by atoms with E-state index in [1.54, 1.807) is 48.5 Å². The van der Waals surface area contributed by atoms with Crippen LogP contribution in [0.2, 0.25) is 0 Å². The summed E-state index contributed by atoms with van der Waals surface area (Å²) in [6.07, 6.45) is -0.548. The van der Waals surface area contributed by atoms with Crippen LogP contribution in [0.5, 0.6) is 5.75 Å². The van der Waals surface area contributed by atoms with Crippen molar-refractivity contribution in [3.8, 4) is 17.1 Å². The number of carbonyl (C=O) groups excluding carboxylic acids is 1. The number of rotatable bonds is 3. The maximum Gasteiger partial charge on any atom is 0.417 e. The van der Waals surface area contributed by atoms with Crippen LogP contribution in [0.25, 0.3) is 11.4 Å². The second-order valence-electron chi connectivity index (χ2n) is 4.14. The zero-order chi connectivity index (χ0) is 14.5. The number of nitrogens with one attached hydrogen (secondary N) is 2. The number of hydrogen-bond acceptors (Lipinski definition) is 5. The van der Waals surface area contributed by atoms with Crippen LogP contribution in [0.15, 0.2) is 54.6 Å². The fourth-order valence-corrected chi connectivity index (χ4v) is 1.73. The number of benzene rings is 2. The molecule has 1 heterocycles. The second kappa shape index (κ2) is 5.83. The number of aromatic nitrogens is 4. The summed E-state index contributed by atoms with van der Waals surface area (Å²) in [6, 6.07) is 15.9. The smallest absolute Gasteiger partial charge is 0.410 e. The molecular formula is C14H11N5O2. The summed E-state index contributed by atoms with van der Waals surface area (Å²) in [5, 5.41) is 16.3. The summed E-state index contributed by atoms with van der Waals surface area (Å²) in [4.78, 5) is 11.7. The molecule has 0 unspecified atom stereocenters. The highest BCUT2D eigenvalue weighted by Crippen LogP contribution is 2.17. The normalized spacial score (nSPS) is 10.1. The SMILES string of the molecule is O=C(Nc1ccc(-c2nn[nH]n2)cc1)Oc1ccccc1. The third kappa shape index (κ3) is 3.21. The number of ether oxygens (including phenoxy) is 1. The molecule has 1 amide bonds. The Hall–Kier alpha value is -3.22. The van der Waals surface area contributed by atoms with E-state index in [1.165, 1.54) is 0 Å². The molecule has 3 aromatic rings. The van der Waals surface area contributed by atoms with E-state index in [1.807, 2.05) is 6.07 Å². The molecule has 0 saturated heterocycles. The highest BCUT2D eigenvalue weighted by molar-refractivity contribution is 5.86. The first-order chi connectivity index (χ1) is 10.3. The van der Waals surface area contributed by atoms with Crippen molar-refractivity contribution in [2.75, 3.05) is 5.32 Å². The molecule has 0 radical (unpaired) electrons. The van der Waals surface area contributed by atoms with E-state index in [0.29, 0.717) is 17.3 Å². The minimum atomic E-state index is -0.548. The van der Waals surface area contributed by atoms with Crippen LogP contribution in [-0.4, -0.2) is 26.7 Å². The number of hydrogen-bond donors (Lipinski definition) is 2. The van der Waals surface area contributed by atoms with E-state index >= 15 is 0 Å². The zero-order valence-corrected chi connectivity index (χ0v) is 10.9. The number of nitrogens with zero attached hydrogens (tertiary/aromatic N) is 3. The predicted molar refractivity (Wildman–Crippen MR) is 75.7 cm³/mol. The highest BCUT2D eigenvalue weighted by Gasteiger charge is 2.06. The van der Waals surface area contributed by atoms with Gasteiger partial charge in [-0.25, -0.2) is 4.79 Å². The van der Waals surface area contributed by atoms with E-state index in [-0.39, 0.29) is 0 Å². The van der Waals surface area contributed by atoms with Crippen LogP contribution >= 0.6 is 0 Å². The van der Waals surface area contributed by atoms with Crippen LogP contribution in [0, 0.1) is 0 Å². The van der Waals surface area contributed by atoms with Gasteiger partial charge in [-0.05, 0) is 41.6 Å². The molecule has 0 atom stereocenters. The van der Waals surface area contributed by atoms with E-state index in [2.05, 4.69) is 25.9 Å². The first-order valence-corrected chi connectivity index (χ1v) is 6.19. The molecule has 2 aromatic carbocycles. The zero-order valence-electron chi connectivity index (χ0n) is 10.9. The number of tetrazole rings is 1. The second-order valence-corrected chi connectivity index (χ2v) is 4.14. The Bertz CT molecular complexity index is 711. The topological polar surface area (TPSA) is 92.8 Å². The van der Waals surface area contributed by atoms with Gasteiger partial charge in [0.25, 0.3) is 0 Å². The lowest BCUT2D eigenvalue weighted by Gasteiger charge is -2.06. The van der Waals surface area contributed by atoms with Crippen LogP contribution in [0.4, 0.5) is 10.5 Å². The van der Waals surface area contributed by atoms with Gasteiger partial charge in [0.05, 0.1) is 0 Å². The van der Waals surface area contributed by atoms with Crippen molar-refractivity contribution in [1.82, 2.24) is 20.6 Å². The molecular weight excluding hydrogens is 270 g/mol. The van der Waals surface area contributed by atoms with Crippen molar-refractivity contribution < 1.29 is 9.53 Å². The molecule has 0 aliphatic carbocycles. The van der Waals surface area contributed by atoms with Gasteiger partial charge in [-0.2, -0.15) is 5.21 Å².